The number of aromatic amines is 1. The molecule has 2 aromatic rings. The number of H-pyrrole nitrogens is 1. The van der Waals surface area contributed by atoms with Crippen molar-refractivity contribution >= 4 is 27.5 Å². The topological polar surface area (TPSA) is 109 Å². The van der Waals surface area contributed by atoms with E-state index in [0.29, 0.717) is 41.3 Å². The van der Waals surface area contributed by atoms with E-state index in [1.54, 1.807) is 52.0 Å². The summed E-state index contributed by atoms with van der Waals surface area (Å²) in [5.74, 6) is -0.695. The monoisotopic (exact) mass is 461 g/mol. The molecule has 1 saturated heterocycles. The number of ketones is 1. The molecule has 2 N–H and O–H groups in total. The van der Waals surface area contributed by atoms with Crippen LogP contribution in [0.2, 0.25) is 0 Å². The first-order chi connectivity index (χ1) is 15.2. The van der Waals surface area contributed by atoms with Crippen molar-refractivity contribution in [3.63, 3.8) is 0 Å². The maximum atomic E-state index is 13.1. The lowest BCUT2D eigenvalue weighted by Gasteiger charge is -2.26. The number of piperidine rings is 1. The molecule has 0 radical (unpaired) electrons. The van der Waals surface area contributed by atoms with Crippen molar-refractivity contribution in [3.8, 4) is 0 Å². The predicted octanol–water partition coefficient (Wildman–Crippen LogP) is 3.67. The van der Waals surface area contributed by atoms with Crippen LogP contribution in [0.5, 0.6) is 0 Å². The van der Waals surface area contributed by atoms with Gasteiger partial charge in [0.2, 0.25) is 15.8 Å². The van der Waals surface area contributed by atoms with E-state index >= 15 is 0 Å². The number of nitrogens with zero attached hydrogens (tertiary/aromatic N) is 1. The lowest BCUT2D eigenvalue weighted by atomic mass is 10.0. The van der Waals surface area contributed by atoms with E-state index < -0.39 is 22.0 Å². The van der Waals surface area contributed by atoms with Crippen molar-refractivity contribution in [1.82, 2.24) is 9.29 Å². The van der Waals surface area contributed by atoms with E-state index in [-0.39, 0.29) is 17.3 Å². The summed E-state index contributed by atoms with van der Waals surface area (Å²) in [4.78, 5) is 28.5. The fourth-order valence-electron chi connectivity index (χ4n) is 4.04. The van der Waals surface area contributed by atoms with Gasteiger partial charge >= 0.3 is 5.97 Å². The minimum atomic E-state index is -3.57. The lowest BCUT2D eigenvalue weighted by Crippen LogP contribution is -2.35. The van der Waals surface area contributed by atoms with Gasteiger partial charge in [0.05, 0.1) is 28.8 Å². The second-order valence-corrected chi connectivity index (χ2v) is 10.0. The van der Waals surface area contributed by atoms with E-state index in [2.05, 4.69) is 10.3 Å². The van der Waals surface area contributed by atoms with Gasteiger partial charge in [-0.05, 0) is 64.3 Å². The largest absolute Gasteiger partial charge is 0.462 e. The van der Waals surface area contributed by atoms with E-state index in [1.807, 2.05) is 0 Å². The number of sulfonamides is 1. The maximum absolute atomic E-state index is 13.1. The number of carbonyl (C=O) groups is 2. The number of aromatic nitrogens is 1. The van der Waals surface area contributed by atoms with E-state index in [1.165, 1.54) is 4.31 Å². The molecule has 1 aliphatic rings. The number of hydrogen-bond donors (Lipinski definition) is 2. The van der Waals surface area contributed by atoms with Crippen LogP contribution in [0.25, 0.3) is 0 Å². The number of benzene rings is 1. The smallest absolute Gasteiger partial charge is 0.340 e. The second kappa shape index (κ2) is 9.87. The number of aryl methyl sites for hydroxylation is 1. The number of esters is 1. The van der Waals surface area contributed by atoms with Crippen molar-refractivity contribution < 1.29 is 22.7 Å². The molecule has 0 bridgehead atoms. The van der Waals surface area contributed by atoms with Crippen LogP contribution < -0.4 is 5.32 Å². The number of ether oxygens (including phenoxy) is 1. The zero-order valence-corrected chi connectivity index (χ0v) is 19.8. The summed E-state index contributed by atoms with van der Waals surface area (Å²) in [5.41, 5.74) is 2.36. The van der Waals surface area contributed by atoms with Crippen LogP contribution in [-0.4, -0.2) is 55.2 Å². The number of hydrogen-bond acceptors (Lipinski definition) is 6. The van der Waals surface area contributed by atoms with Crippen molar-refractivity contribution in [2.24, 2.45) is 0 Å². The van der Waals surface area contributed by atoms with Gasteiger partial charge in [0.15, 0.2) is 0 Å². The van der Waals surface area contributed by atoms with Gasteiger partial charge in [-0.3, -0.25) is 4.79 Å². The average Bonchev–Trinajstić information content (AvgIpc) is 3.08. The predicted molar refractivity (Wildman–Crippen MR) is 123 cm³/mol. The molecule has 32 heavy (non-hydrogen) atoms. The minimum absolute atomic E-state index is 0.209. The first-order valence-corrected chi connectivity index (χ1v) is 12.4. The fraction of sp³-hybridized carbons (Fsp3) is 0.478. The van der Waals surface area contributed by atoms with E-state index in [4.69, 9.17) is 4.74 Å². The summed E-state index contributed by atoms with van der Waals surface area (Å²) in [5, 5.41) is 3.10. The molecule has 1 fully saturated rings. The third kappa shape index (κ3) is 4.88. The Balaban J connectivity index is 1.79. The van der Waals surface area contributed by atoms with Crippen molar-refractivity contribution in [2.45, 2.75) is 57.9 Å². The number of Topliss-reactive ketones (excluding diaryl/α,β-unsaturated/α-hetero) is 1. The van der Waals surface area contributed by atoms with Crippen LogP contribution in [0, 0.1) is 13.8 Å². The summed E-state index contributed by atoms with van der Waals surface area (Å²) in [6.07, 6.45) is 2.78. The Morgan fingerprint density at radius 1 is 1.19 bits per heavy atom. The first kappa shape index (κ1) is 24.0. The number of carbonyl (C=O) groups excluding carboxylic acids is 2. The highest BCUT2D eigenvalue weighted by Gasteiger charge is 2.28. The molecule has 1 atom stereocenters. The Bertz CT molecular complexity index is 1100. The molecule has 0 saturated carbocycles. The Morgan fingerprint density at radius 3 is 2.53 bits per heavy atom. The zero-order chi connectivity index (χ0) is 23.5. The molecule has 3 rings (SSSR count). The summed E-state index contributed by atoms with van der Waals surface area (Å²) in [6, 6.07) is 5.89. The molecule has 1 aliphatic heterocycles. The Kier molecular flexibility index (Phi) is 7.40. The SMILES string of the molecule is CCOC(=O)c1c(C)[nH]c(C(=O)[C@@H](C)Nc2cccc(S(=O)(=O)N3CCCCC3)c2)c1C. The molecule has 0 spiro atoms. The van der Waals surface area contributed by atoms with Gasteiger partial charge in [0.1, 0.15) is 0 Å². The Labute approximate surface area is 189 Å². The maximum Gasteiger partial charge on any atom is 0.340 e. The molecule has 9 heteroatoms. The molecule has 0 unspecified atom stereocenters. The van der Waals surface area contributed by atoms with Crippen LogP contribution in [0.15, 0.2) is 29.2 Å². The summed E-state index contributed by atoms with van der Waals surface area (Å²) < 4.78 is 32.5. The molecular formula is C23H31N3O5S. The van der Waals surface area contributed by atoms with E-state index in [9.17, 15) is 18.0 Å². The quantitative estimate of drug-likeness (QED) is 0.459. The number of nitrogens with one attached hydrogen (secondary N) is 2. The van der Waals surface area contributed by atoms with Crippen LogP contribution in [0.3, 0.4) is 0 Å². The molecule has 1 aromatic heterocycles. The summed E-state index contributed by atoms with van der Waals surface area (Å²) in [6.45, 7) is 8.18. The molecule has 174 valence electrons. The molecule has 0 amide bonds. The van der Waals surface area contributed by atoms with Crippen molar-refractivity contribution in [2.75, 3.05) is 25.0 Å². The molecular weight excluding hydrogens is 430 g/mol. The standard InChI is InChI=1S/C23H31N3O5S/c1-5-31-23(28)20-15(2)21(25-16(20)3)22(27)17(4)24-18-10-9-11-19(14-18)32(29,30)26-12-7-6-8-13-26/h9-11,14,17,24-25H,5-8,12-13H2,1-4H3/t17-/m1/s1. The van der Waals surface area contributed by atoms with Crippen molar-refractivity contribution in [3.05, 3.63) is 46.8 Å². The van der Waals surface area contributed by atoms with Gasteiger partial charge in [0.25, 0.3) is 0 Å². The molecule has 1 aromatic carbocycles. The lowest BCUT2D eigenvalue weighted by molar-refractivity contribution is 0.0525. The third-order valence-corrected chi connectivity index (χ3v) is 7.62. The second-order valence-electron chi connectivity index (χ2n) is 8.07. The van der Waals surface area contributed by atoms with Crippen LogP contribution in [0.1, 0.15) is 65.2 Å². The highest BCUT2D eigenvalue weighted by molar-refractivity contribution is 7.89. The highest BCUT2D eigenvalue weighted by atomic mass is 32.2. The highest BCUT2D eigenvalue weighted by Crippen LogP contribution is 2.25. The van der Waals surface area contributed by atoms with Crippen LogP contribution >= 0.6 is 0 Å². The number of anilines is 1. The Hall–Kier alpha value is -2.65. The third-order valence-electron chi connectivity index (χ3n) is 5.73. The van der Waals surface area contributed by atoms with Gasteiger partial charge in [-0.1, -0.05) is 12.5 Å². The van der Waals surface area contributed by atoms with Gasteiger partial charge in [-0.25, -0.2) is 13.2 Å². The van der Waals surface area contributed by atoms with Gasteiger partial charge in [0, 0.05) is 24.5 Å². The normalized spacial score (nSPS) is 15.9. The molecule has 0 aliphatic carbocycles. The van der Waals surface area contributed by atoms with E-state index in [0.717, 1.165) is 19.3 Å². The van der Waals surface area contributed by atoms with Crippen molar-refractivity contribution in [1.29, 1.82) is 0 Å². The molecule has 8 nitrogen and oxygen atoms in total. The van der Waals surface area contributed by atoms with Crippen LogP contribution in [-0.2, 0) is 14.8 Å². The zero-order valence-electron chi connectivity index (χ0n) is 19.0. The Morgan fingerprint density at radius 2 is 1.88 bits per heavy atom. The van der Waals surface area contributed by atoms with Crippen LogP contribution in [0.4, 0.5) is 5.69 Å². The molecule has 2 heterocycles. The fourth-order valence-corrected chi connectivity index (χ4v) is 5.60. The summed E-state index contributed by atoms with van der Waals surface area (Å²) in [7, 11) is -3.57. The van der Waals surface area contributed by atoms with Gasteiger partial charge in [-0.2, -0.15) is 4.31 Å². The number of rotatable bonds is 8. The minimum Gasteiger partial charge on any atom is -0.462 e. The van der Waals surface area contributed by atoms with Gasteiger partial charge in [-0.15, -0.1) is 0 Å². The summed E-state index contributed by atoms with van der Waals surface area (Å²) >= 11 is 0. The van der Waals surface area contributed by atoms with Gasteiger partial charge < -0.3 is 15.0 Å². The average molecular weight is 462 g/mol. The first-order valence-electron chi connectivity index (χ1n) is 10.9.